The van der Waals surface area contributed by atoms with Crippen LogP contribution >= 0.6 is 0 Å². The maximum Gasteiger partial charge on any atom is 0.0926 e. The van der Waals surface area contributed by atoms with Crippen LogP contribution in [0.15, 0.2) is 12.2 Å². The van der Waals surface area contributed by atoms with Crippen molar-refractivity contribution < 1.29 is 9.84 Å². The van der Waals surface area contributed by atoms with Crippen LogP contribution in [0.5, 0.6) is 0 Å². The molecule has 0 aromatic heterocycles. The fourth-order valence-corrected chi connectivity index (χ4v) is 2.03. The monoisotopic (exact) mass is 169 g/mol. The molecule has 2 rings (SSSR count). The lowest BCUT2D eigenvalue weighted by molar-refractivity contribution is 0.127. The predicted octanol–water partition coefficient (Wildman–Crippen LogP) is 0.00640. The number of ether oxygens (including phenoxy) is 1. The van der Waals surface area contributed by atoms with Crippen molar-refractivity contribution in [3.63, 3.8) is 0 Å². The Bertz CT molecular complexity index is 193. The molecule has 1 N–H and O–H groups in total. The highest BCUT2D eigenvalue weighted by Gasteiger charge is 2.52. The Morgan fingerprint density at radius 1 is 1.50 bits per heavy atom. The third-order valence-corrected chi connectivity index (χ3v) is 2.71. The predicted molar refractivity (Wildman–Crippen MR) is 45.9 cm³/mol. The Kier molecular flexibility index (Phi) is 2.17. The normalized spacial score (nSPS) is 43.2. The molecule has 2 aliphatic rings. The quantitative estimate of drug-likeness (QED) is 0.475. The molecule has 0 aromatic rings. The van der Waals surface area contributed by atoms with Gasteiger partial charge in [-0.2, -0.15) is 0 Å². The molecule has 0 radical (unpaired) electrons. The smallest absolute Gasteiger partial charge is 0.0926 e. The van der Waals surface area contributed by atoms with Gasteiger partial charge in [-0.3, -0.25) is 4.90 Å². The summed E-state index contributed by atoms with van der Waals surface area (Å²) in [7, 11) is 1.75. The first kappa shape index (κ1) is 8.23. The SMILES string of the molecule is COC1C=CC2C1N2CCCO. The van der Waals surface area contributed by atoms with Gasteiger partial charge in [0, 0.05) is 26.3 Å². The molecule has 0 aromatic carbocycles. The van der Waals surface area contributed by atoms with Crippen LogP contribution in [0, 0.1) is 0 Å². The van der Waals surface area contributed by atoms with Crippen LogP contribution in [0.3, 0.4) is 0 Å². The van der Waals surface area contributed by atoms with Crippen molar-refractivity contribution in [2.75, 3.05) is 20.3 Å². The summed E-state index contributed by atoms with van der Waals surface area (Å²) in [5, 5.41) is 8.65. The van der Waals surface area contributed by atoms with E-state index in [0.29, 0.717) is 12.1 Å². The topological polar surface area (TPSA) is 32.5 Å². The summed E-state index contributed by atoms with van der Waals surface area (Å²) in [6.45, 7) is 1.29. The highest BCUT2D eigenvalue weighted by Crippen LogP contribution is 2.38. The molecule has 1 aliphatic heterocycles. The molecular formula is C9H15NO2. The number of rotatable bonds is 4. The second-order valence-corrected chi connectivity index (χ2v) is 3.38. The first-order valence-corrected chi connectivity index (χ1v) is 4.46. The standard InChI is InChI=1S/C9H15NO2/c1-12-8-4-3-7-9(8)10(7)5-2-6-11/h3-4,7-9,11H,2,5-6H2,1H3. The van der Waals surface area contributed by atoms with E-state index in [1.807, 2.05) is 0 Å². The van der Waals surface area contributed by atoms with E-state index in [4.69, 9.17) is 9.84 Å². The number of hydrogen-bond acceptors (Lipinski definition) is 3. The summed E-state index contributed by atoms with van der Waals surface area (Å²) in [4.78, 5) is 2.37. The first-order chi connectivity index (χ1) is 5.88. The molecule has 12 heavy (non-hydrogen) atoms. The molecule has 4 unspecified atom stereocenters. The highest BCUT2D eigenvalue weighted by molar-refractivity contribution is 5.27. The van der Waals surface area contributed by atoms with Gasteiger partial charge in [-0.15, -0.1) is 0 Å². The van der Waals surface area contributed by atoms with Crippen LogP contribution in [0.25, 0.3) is 0 Å². The van der Waals surface area contributed by atoms with E-state index in [1.54, 1.807) is 7.11 Å². The van der Waals surface area contributed by atoms with Gasteiger partial charge < -0.3 is 9.84 Å². The third kappa shape index (κ3) is 1.18. The van der Waals surface area contributed by atoms with E-state index in [1.165, 1.54) is 0 Å². The van der Waals surface area contributed by atoms with Crippen molar-refractivity contribution in [3.05, 3.63) is 12.2 Å². The average molecular weight is 169 g/mol. The zero-order chi connectivity index (χ0) is 8.55. The minimum Gasteiger partial charge on any atom is -0.396 e. The van der Waals surface area contributed by atoms with E-state index in [9.17, 15) is 0 Å². The number of aliphatic hydroxyl groups is 1. The molecule has 3 nitrogen and oxygen atoms in total. The molecule has 0 saturated carbocycles. The lowest BCUT2D eigenvalue weighted by Gasteiger charge is -2.09. The number of fused-ring (bicyclic) bond motifs is 1. The minimum atomic E-state index is 0.286. The zero-order valence-electron chi connectivity index (χ0n) is 7.31. The minimum absolute atomic E-state index is 0.286. The van der Waals surface area contributed by atoms with Crippen LogP contribution in [-0.4, -0.2) is 48.5 Å². The van der Waals surface area contributed by atoms with Crippen molar-refractivity contribution in [2.45, 2.75) is 24.6 Å². The van der Waals surface area contributed by atoms with Gasteiger partial charge in [-0.25, -0.2) is 0 Å². The van der Waals surface area contributed by atoms with E-state index in [2.05, 4.69) is 17.1 Å². The summed E-state index contributed by atoms with van der Waals surface area (Å²) < 4.78 is 5.28. The highest BCUT2D eigenvalue weighted by atomic mass is 16.5. The van der Waals surface area contributed by atoms with Crippen LogP contribution in [-0.2, 0) is 4.74 Å². The maximum atomic E-state index is 8.65. The maximum absolute atomic E-state index is 8.65. The summed E-state index contributed by atoms with van der Waals surface area (Å²) in [5.41, 5.74) is 0. The number of methoxy groups -OCH3 is 1. The summed E-state index contributed by atoms with van der Waals surface area (Å²) in [6, 6.07) is 1.17. The second kappa shape index (κ2) is 3.17. The van der Waals surface area contributed by atoms with Gasteiger partial charge in [0.1, 0.15) is 0 Å². The molecular weight excluding hydrogens is 154 g/mol. The molecule has 0 spiro atoms. The van der Waals surface area contributed by atoms with Crippen molar-refractivity contribution >= 4 is 0 Å². The molecule has 4 atom stereocenters. The molecule has 1 saturated heterocycles. The largest absolute Gasteiger partial charge is 0.396 e. The van der Waals surface area contributed by atoms with E-state index in [0.717, 1.165) is 13.0 Å². The lowest BCUT2D eigenvalue weighted by Crippen LogP contribution is -2.19. The Balaban J connectivity index is 1.81. The van der Waals surface area contributed by atoms with Crippen molar-refractivity contribution in [1.82, 2.24) is 4.90 Å². The second-order valence-electron chi connectivity index (χ2n) is 3.38. The van der Waals surface area contributed by atoms with Crippen molar-refractivity contribution in [2.24, 2.45) is 0 Å². The Hall–Kier alpha value is -0.380. The summed E-state index contributed by atoms with van der Waals surface area (Å²) >= 11 is 0. The van der Waals surface area contributed by atoms with Crippen molar-refractivity contribution in [1.29, 1.82) is 0 Å². The molecule has 0 amide bonds. The summed E-state index contributed by atoms with van der Waals surface area (Å²) in [6.07, 6.45) is 5.49. The molecule has 1 aliphatic carbocycles. The first-order valence-electron chi connectivity index (χ1n) is 4.46. The van der Waals surface area contributed by atoms with Gasteiger partial charge in [0.25, 0.3) is 0 Å². The molecule has 0 bridgehead atoms. The fraction of sp³-hybridized carbons (Fsp3) is 0.778. The van der Waals surface area contributed by atoms with Gasteiger partial charge in [0.2, 0.25) is 0 Å². The lowest BCUT2D eigenvalue weighted by atomic mass is 10.3. The van der Waals surface area contributed by atoms with E-state index >= 15 is 0 Å². The molecule has 3 heteroatoms. The van der Waals surface area contributed by atoms with E-state index < -0.39 is 0 Å². The number of hydrogen-bond donors (Lipinski definition) is 1. The Morgan fingerprint density at radius 2 is 2.33 bits per heavy atom. The van der Waals surface area contributed by atoms with Crippen molar-refractivity contribution in [3.8, 4) is 0 Å². The van der Waals surface area contributed by atoms with Crippen LogP contribution in [0.4, 0.5) is 0 Å². The van der Waals surface area contributed by atoms with Gasteiger partial charge in [0.15, 0.2) is 0 Å². The molecule has 1 fully saturated rings. The van der Waals surface area contributed by atoms with Crippen LogP contribution in [0.1, 0.15) is 6.42 Å². The molecule has 1 heterocycles. The zero-order valence-corrected chi connectivity index (χ0v) is 7.31. The average Bonchev–Trinajstić information content (AvgIpc) is 2.59. The Labute approximate surface area is 72.6 Å². The number of nitrogens with zero attached hydrogens (tertiary/aromatic N) is 1. The summed E-state index contributed by atoms with van der Waals surface area (Å²) in [5.74, 6) is 0. The van der Waals surface area contributed by atoms with Gasteiger partial charge in [0.05, 0.1) is 12.1 Å². The molecule has 68 valence electrons. The van der Waals surface area contributed by atoms with Crippen LogP contribution < -0.4 is 0 Å². The third-order valence-electron chi connectivity index (χ3n) is 2.71. The van der Waals surface area contributed by atoms with E-state index in [-0.39, 0.29) is 12.7 Å². The van der Waals surface area contributed by atoms with Gasteiger partial charge in [-0.1, -0.05) is 12.2 Å². The van der Waals surface area contributed by atoms with Gasteiger partial charge in [-0.05, 0) is 6.42 Å². The van der Waals surface area contributed by atoms with Crippen LogP contribution in [0.2, 0.25) is 0 Å². The number of aliphatic hydroxyl groups excluding tert-OH is 1. The Morgan fingerprint density at radius 3 is 3.00 bits per heavy atom. The van der Waals surface area contributed by atoms with Gasteiger partial charge >= 0.3 is 0 Å². The fourth-order valence-electron chi connectivity index (χ4n) is 2.03.